The molecular formula is C14H18BrNO2. The molecule has 0 spiro atoms. The molecule has 0 N–H and O–H groups in total. The molecule has 1 saturated heterocycles. The van der Waals surface area contributed by atoms with E-state index >= 15 is 0 Å². The third-order valence-electron chi connectivity index (χ3n) is 3.25. The minimum atomic E-state index is 0.184. The molecule has 0 radical (unpaired) electrons. The van der Waals surface area contributed by atoms with Gasteiger partial charge in [0.2, 0.25) is 5.91 Å². The lowest BCUT2D eigenvalue weighted by atomic mass is 10.1. The summed E-state index contributed by atoms with van der Waals surface area (Å²) in [5.74, 6) is 0.974. The molecule has 2 rings (SSSR count). The first-order chi connectivity index (χ1) is 8.70. The molecular weight excluding hydrogens is 294 g/mol. The Balaban J connectivity index is 2.02. The van der Waals surface area contributed by atoms with E-state index in [4.69, 9.17) is 4.74 Å². The molecule has 0 saturated carbocycles. The van der Waals surface area contributed by atoms with Gasteiger partial charge >= 0.3 is 0 Å². The zero-order valence-corrected chi connectivity index (χ0v) is 12.1. The summed E-state index contributed by atoms with van der Waals surface area (Å²) in [6.45, 7) is 1.68. The summed E-state index contributed by atoms with van der Waals surface area (Å²) in [6, 6.07) is 7.70. The number of carbonyl (C=O) groups excluding carboxylic acids is 1. The second-order valence-electron chi connectivity index (χ2n) is 4.57. The summed E-state index contributed by atoms with van der Waals surface area (Å²) in [6.07, 6.45) is 2.65. The van der Waals surface area contributed by atoms with Crippen molar-refractivity contribution in [3.8, 4) is 5.75 Å². The molecule has 0 aromatic heterocycles. The van der Waals surface area contributed by atoms with Gasteiger partial charge in [-0.15, -0.1) is 0 Å². The van der Waals surface area contributed by atoms with Crippen LogP contribution < -0.4 is 4.74 Å². The van der Waals surface area contributed by atoms with Crippen LogP contribution in [0, 0.1) is 0 Å². The smallest absolute Gasteiger partial charge is 0.227 e. The lowest BCUT2D eigenvalue weighted by molar-refractivity contribution is -0.131. The first kappa shape index (κ1) is 13.4. The van der Waals surface area contributed by atoms with Crippen molar-refractivity contribution < 1.29 is 9.53 Å². The average molecular weight is 312 g/mol. The maximum Gasteiger partial charge on any atom is 0.227 e. The lowest BCUT2D eigenvalue weighted by Crippen LogP contribution is -2.41. The van der Waals surface area contributed by atoms with Crippen molar-refractivity contribution in [3.05, 3.63) is 29.8 Å². The summed E-state index contributed by atoms with van der Waals surface area (Å²) in [5.41, 5.74) is 0.960. The second kappa shape index (κ2) is 6.23. The maximum atomic E-state index is 12.2. The Labute approximate surface area is 116 Å². The van der Waals surface area contributed by atoms with E-state index in [2.05, 4.69) is 15.9 Å². The van der Waals surface area contributed by atoms with Gasteiger partial charge in [0.15, 0.2) is 0 Å². The minimum absolute atomic E-state index is 0.184. The Morgan fingerprint density at radius 1 is 1.50 bits per heavy atom. The topological polar surface area (TPSA) is 29.5 Å². The van der Waals surface area contributed by atoms with Gasteiger partial charge in [-0.3, -0.25) is 4.79 Å². The van der Waals surface area contributed by atoms with Crippen molar-refractivity contribution in [1.29, 1.82) is 0 Å². The molecule has 98 valence electrons. The third kappa shape index (κ3) is 3.25. The predicted molar refractivity (Wildman–Crippen MR) is 75.2 cm³/mol. The summed E-state index contributed by atoms with van der Waals surface area (Å²) < 4.78 is 5.27. The van der Waals surface area contributed by atoms with Crippen molar-refractivity contribution in [2.45, 2.75) is 24.1 Å². The Kier molecular flexibility index (Phi) is 4.64. The largest absolute Gasteiger partial charge is 0.496 e. The maximum absolute atomic E-state index is 12.2. The number of likely N-dealkylation sites (tertiary alicyclic amines) is 1. The number of methoxy groups -OCH3 is 1. The molecule has 0 aliphatic carbocycles. The predicted octanol–water partition coefficient (Wildman–Crippen LogP) is 2.62. The van der Waals surface area contributed by atoms with E-state index in [-0.39, 0.29) is 5.91 Å². The van der Waals surface area contributed by atoms with Crippen LogP contribution >= 0.6 is 15.9 Å². The van der Waals surface area contributed by atoms with Gasteiger partial charge in [-0.25, -0.2) is 0 Å². The van der Waals surface area contributed by atoms with Gasteiger partial charge in [0.25, 0.3) is 0 Å². The monoisotopic (exact) mass is 311 g/mol. The number of halogens is 1. The fraction of sp³-hybridized carbons (Fsp3) is 0.500. The van der Waals surface area contributed by atoms with Crippen LogP contribution in [0.5, 0.6) is 5.75 Å². The van der Waals surface area contributed by atoms with Crippen LogP contribution in [0.1, 0.15) is 18.4 Å². The molecule has 1 atom stereocenters. The molecule has 1 unspecified atom stereocenters. The van der Waals surface area contributed by atoms with Crippen molar-refractivity contribution in [3.63, 3.8) is 0 Å². The number of ether oxygens (including phenoxy) is 1. The molecule has 1 heterocycles. The minimum Gasteiger partial charge on any atom is -0.496 e. The molecule has 4 heteroatoms. The Morgan fingerprint density at radius 2 is 2.28 bits per heavy atom. The number of nitrogens with zero attached hydrogens (tertiary/aromatic N) is 1. The summed E-state index contributed by atoms with van der Waals surface area (Å²) in [4.78, 5) is 14.6. The molecule has 3 nitrogen and oxygen atoms in total. The van der Waals surface area contributed by atoms with Gasteiger partial charge in [0.05, 0.1) is 13.5 Å². The van der Waals surface area contributed by atoms with Crippen molar-refractivity contribution in [1.82, 2.24) is 4.90 Å². The van der Waals surface area contributed by atoms with Crippen LogP contribution in [-0.2, 0) is 11.2 Å². The van der Waals surface area contributed by atoms with Crippen molar-refractivity contribution >= 4 is 21.8 Å². The van der Waals surface area contributed by atoms with Crippen molar-refractivity contribution in [2.75, 3.05) is 20.2 Å². The zero-order chi connectivity index (χ0) is 13.0. The van der Waals surface area contributed by atoms with Gasteiger partial charge in [-0.05, 0) is 18.9 Å². The number of hydrogen-bond donors (Lipinski definition) is 0. The Hall–Kier alpha value is -1.03. The molecule has 1 aromatic rings. The highest BCUT2D eigenvalue weighted by Gasteiger charge is 2.22. The quantitative estimate of drug-likeness (QED) is 0.803. The highest BCUT2D eigenvalue weighted by molar-refractivity contribution is 9.09. The van der Waals surface area contributed by atoms with E-state index in [0.717, 1.165) is 37.2 Å². The van der Waals surface area contributed by atoms with Crippen LogP contribution in [0.3, 0.4) is 0 Å². The number of para-hydroxylation sites is 1. The number of hydrogen-bond acceptors (Lipinski definition) is 2. The second-order valence-corrected chi connectivity index (χ2v) is 5.86. The van der Waals surface area contributed by atoms with Crippen LogP contribution in [0.25, 0.3) is 0 Å². The van der Waals surface area contributed by atoms with Gasteiger partial charge in [0.1, 0.15) is 5.75 Å². The van der Waals surface area contributed by atoms with Crippen LogP contribution in [0.15, 0.2) is 24.3 Å². The summed E-state index contributed by atoms with van der Waals surface area (Å²) in [7, 11) is 1.64. The van der Waals surface area contributed by atoms with Gasteiger partial charge < -0.3 is 9.64 Å². The fourth-order valence-corrected chi connectivity index (χ4v) is 2.95. The standard InChI is InChI=1S/C14H18BrNO2/c1-18-13-7-3-2-5-11(13)9-14(17)16-8-4-6-12(15)10-16/h2-3,5,7,12H,4,6,8-10H2,1H3. The molecule has 1 aliphatic heterocycles. The number of carbonyl (C=O) groups is 1. The lowest BCUT2D eigenvalue weighted by Gasteiger charge is -2.30. The van der Waals surface area contributed by atoms with Crippen LogP contribution in [-0.4, -0.2) is 35.8 Å². The first-order valence-corrected chi connectivity index (χ1v) is 7.16. The van der Waals surface area contributed by atoms with E-state index in [1.807, 2.05) is 29.2 Å². The van der Waals surface area contributed by atoms with Gasteiger partial charge in [-0.2, -0.15) is 0 Å². The molecule has 1 aliphatic rings. The number of rotatable bonds is 3. The van der Waals surface area contributed by atoms with E-state index in [9.17, 15) is 4.79 Å². The molecule has 1 aromatic carbocycles. The Bertz CT molecular complexity index is 422. The van der Waals surface area contributed by atoms with E-state index in [1.54, 1.807) is 7.11 Å². The van der Waals surface area contributed by atoms with Crippen LogP contribution in [0.4, 0.5) is 0 Å². The van der Waals surface area contributed by atoms with Crippen LogP contribution in [0.2, 0.25) is 0 Å². The third-order valence-corrected chi connectivity index (χ3v) is 4.00. The summed E-state index contributed by atoms with van der Waals surface area (Å²) >= 11 is 3.59. The van der Waals surface area contributed by atoms with E-state index in [0.29, 0.717) is 11.2 Å². The fourth-order valence-electron chi connectivity index (χ4n) is 2.28. The van der Waals surface area contributed by atoms with E-state index in [1.165, 1.54) is 0 Å². The van der Waals surface area contributed by atoms with Gasteiger partial charge in [-0.1, -0.05) is 34.1 Å². The number of benzene rings is 1. The number of alkyl halides is 1. The van der Waals surface area contributed by atoms with Gasteiger partial charge in [0, 0.05) is 23.5 Å². The van der Waals surface area contributed by atoms with E-state index < -0.39 is 0 Å². The zero-order valence-electron chi connectivity index (χ0n) is 10.6. The highest BCUT2D eigenvalue weighted by atomic mass is 79.9. The first-order valence-electron chi connectivity index (χ1n) is 6.24. The van der Waals surface area contributed by atoms with Crippen molar-refractivity contribution in [2.24, 2.45) is 0 Å². The molecule has 1 amide bonds. The summed E-state index contributed by atoms with van der Waals surface area (Å²) in [5, 5.41) is 0. The Morgan fingerprint density at radius 3 is 3.00 bits per heavy atom. The highest BCUT2D eigenvalue weighted by Crippen LogP contribution is 2.21. The molecule has 1 fully saturated rings. The SMILES string of the molecule is COc1ccccc1CC(=O)N1CCCC(Br)C1. The average Bonchev–Trinajstić information content (AvgIpc) is 2.39. The number of piperidine rings is 1. The molecule has 18 heavy (non-hydrogen) atoms. The normalized spacial score (nSPS) is 19.7. The molecule has 0 bridgehead atoms. The number of amides is 1.